The fourth-order valence-corrected chi connectivity index (χ4v) is 3.20. The molecule has 94 valence electrons. The lowest BCUT2D eigenvalue weighted by atomic mass is 10.2. The molecule has 1 aliphatic heterocycles. The molecule has 1 aliphatic rings. The number of benzene rings is 1. The van der Waals surface area contributed by atoms with Crippen molar-refractivity contribution >= 4 is 39.9 Å². The number of rotatable bonds is 2. The minimum Gasteiger partial charge on any atom is -0.369 e. The van der Waals surface area contributed by atoms with Crippen molar-refractivity contribution in [2.75, 3.05) is 24.5 Å². The van der Waals surface area contributed by atoms with Gasteiger partial charge in [0.2, 0.25) is 0 Å². The molecule has 0 spiro atoms. The molecule has 0 radical (unpaired) electrons. The highest BCUT2D eigenvalue weighted by Gasteiger charge is 2.18. The summed E-state index contributed by atoms with van der Waals surface area (Å²) in [5.74, 6) is 0. The van der Waals surface area contributed by atoms with E-state index in [4.69, 9.17) is 11.6 Å². The molecular formula is C13H18ClIN2. The maximum atomic E-state index is 6.34. The van der Waals surface area contributed by atoms with Crippen LogP contribution in [0.4, 0.5) is 5.69 Å². The highest BCUT2D eigenvalue weighted by molar-refractivity contribution is 14.1. The fraction of sp³-hybridized carbons (Fsp3) is 0.538. The second kappa shape index (κ2) is 6.25. The van der Waals surface area contributed by atoms with E-state index in [2.05, 4.69) is 51.9 Å². The van der Waals surface area contributed by atoms with Crippen molar-refractivity contribution in [1.29, 1.82) is 0 Å². The zero-order chi connectivity index (χ0) is 12.3. The number of nitrogens with zero attached hydrogens (tertiary/aromatic N) is 1. The lowest BCUT2D eigenvalue weighted by molar-refractivity contribution is 0.528. The molecule has 1 fully saturated rings. The van der Waals surface area contributed by atoms with Crippen molar-refractivity contribution in [1.82, 2.24) is 5.32 Å². The summed E-state index contributed by atoms with van der Waals surface area (Å²) in [4.78, 5) is 2.41. The van der Waals surface area contributed by atoms with Gasteiger partial charge in [0.1, 0.15) is 0 Å². The topological polar surface area (TPSA) is 15.3 Å². The molecule has 1 unspecified atom stereocenters. The maximum Gasteiger partial charge on any atom is 0.0650 e. The summed E-state index contributed by atoms with van der Waals surface area (Å²) in [6.45, 7) is 5.48. The minimum absolute atomic E-state index is 0.577. The fourth-order valence-electron chi connectivity index (χ4n) is 2.23. The van der Waals surface area contributed by atoms with Crippen LogP contribution in [-0.2, 0) is 0 Å². The molecule has 1 saturated heterocycles. The Morgan fingerprint density at radius 1 is 1.53 bits per heavy atom. The van der Waals surface area contributed by atoms with E-state index in [0.717, 1.165) is 24.7 Å². The second-order valence-corrected chi connectivity index (χ2v) is 6.11. The Hall–Kier alpha value is -0.000000000000000132. The Morgan fingerprint density at radius 3 is 3.06 bits per heavy atom. The van der Waals surface area contributed by atoms with E-state index in [1.165, 1.54) is 22.1 Å². The van der Waals surface area contributed by atoms with Gasteiger partial charge in [-0.15, -0.1) is 0 Å². The molecule has 1 aromatic rings. The molecule has 2 rings (SSSR count). The summed E-state index contributed by atoms with van der Waals surface area (Å²) < 4.78 is 1.19. The van der Waals surface area contributed by atoms with Crippen molar-refractivity contribution in [3.05, 3.63) is 26.8 Å². The summed E-state index contributed by atoms with van der Waals surface area (Å²) in [5.41, 5.74) is 1.18. The number of hydrogen-bond donors (Lipinski definition) is 1. The van der Waals surface area contributed by atoms with Crippen LogP contribution in [0.3, 0.4) is 0 Å². The van der Waals surface area contributed by atoms with Gasteiger partial charge in [0.15, 0.2) is 0 Å². The van der Waals surface area contributed by atoms with Gasteiger partial charge >= 0.3 is 0 Å². The molecule has 1 aromatic carbocycles. The van der Waals surface area contributed by atoms with Crippen LogP contribution in [0.2, 0.25) is 5.02 Å². The number of anilines is 1. The summed E-state index contributed by atoms with van der Waals surface area (Å²) in [6.07, 6.45) is 2.34. The van der Waals surface area contributed by atoms with E-state index in [0.29, 0.717) is 6.04 Å². The number of nitrogens with one attached hydrogen (secondary N) is 1. The molecule has 0 bridgehead atoms. The van der Waals surface area contributed by atoms with Crippen molar-refractivity contribution in [3.8, 4) is 0 Å². The SMILES string of the molecule is CCC1CN(c2ccc(I)cc2Cl)CCCN1. The predicted octanol–water partition coefficient (Wildman–Crippen LogP) is 3.52. The molecule has 0 amide bonds. The van der Waals surface area contributed by atoms with Crippen LogP contribution < -0.4 is 10.2 Å². The number of halogens is 2. The second-order valence-electron chi connectivity index (χ2n) is 4.45. The maximum absolute atomic E-state index is 6.34. The van der Waals surface area contributed by atoms with Crippen LogP contribution in [0.25, 0.3) is 0 Å². The quantitative estimate of drug-likeness (QED) is 0.808. The molecule has 0 saturated carbocycles. The van der Waals surface area contributed by atoms with Crippen LogP contribution in [0.15, 0.2) is 18.2 Å². The third kappa shape index (κ3) is 3.48. The van der Waals surface area contributed by atoms with Crippen LogP contribution >= 0.6 is 34.2 Å². The molecule has 17 heavy (non-hydrogen) atoms. The largest absolute Gasteiger partial charge is 0.369 e. The number of hydrogen-bond acceptors (Lipinski definition) is 2. The summed E-state index contributed by atoms with van der Waals surface area (Å²) in [6, 6.07) is 6.88. The van der Waals surface area contributed by atoms with E-state index in [1.54, 1.807) is 0 Å². The average Bonchev–Trinajstić information content (AvgIpc) is 2.54. The first kappa shape index (κ1) is 13.4. The molecule has 0 aliphatic carbocycles. The van der Waals surface area contributed by atoms with Crippen LogP contribution in [0.1, 0.15) is 19.8 Å². The van der Waals surface area contributed by atoms with Gasteiger partial charge in [-0.25, -0.2) is 0 Å². The molecule has 1 atom stereocenters. The zero-order valence-electron chi connectivity index (χ0n) is 10.0. The standard InChI is InChI=1S/C13H18ClIN2/c1-2-11-9-17(7-3-6-16-11)13-5-4-10(15)8-12(13)14/h4-5,8,11,16H,2-3,6-7,9H2,1H3. The minimum atomic E-state index is 0.577. The normalized spacial score (nSPS) is 21.4. The predicted molar refractivity (Wildman–Crippen MR) is 83.1 cm³/mol. The summed E-state index contributed by atoms with van der Waals surface area (Å²) in [7, 11) is 0. The molecule has 1 N–H and O–H groups in total. The van der Waals surface area contributed by atoms with Crippen molar-refractivity contribution in [2.24, 2.45) is 0 Å². The highest BCUT2D eigenvalue weighted by atomic mass is 127. The van der Waals surface area contributed by atoms with Crippen molar-refractivity contribution in [2.45, 2.75) is 25.8 Å². The van der Waals surface area contributed by atoms with Crippen molar-refractivity contribution in [3.63, 3.8) is 0 Å². The Bertz CT molecular complexity index is 384. The van der Waals surface area contributed by atoms with Crippen LogP contribution in [0.5, 0.6) is 0 Å². The lowest BCUT2D eigenvalue weighted by Gasteiger charge is -2.26. The molecule has 4 heteroatoms. The third-order valence-electron chi connectivity index (χ3n) is 3.22. The van der Waals surface area contributed by atoms with E-state index in [9.17, 15) is 0 Å². The first-order chi connectivity index (χ1) is 8.20. The van der Waals surface area contributed by atoms with Gasteiger partial charge in [-0.1, -0.05) is 18.5 Å². The Morgan fingerprint density at radius 2 is 2.35 bits per heavy atom. The molecule has 1 heterocycles. The van der Waals surface area contributed by atoms with E-state index < -0.39 is 0 Å². The lowest BCUT2D eigenvalue weighted by Crippen LogP contribution is -2.37. The first-order valence-corrected chi connectivity index (χ1v) is 7.59. The Kier molecular flexibility index (Phi) is 4.94. The van der Waals surface area contributed by atoms with E-state index in [1.807, 2.05) is 6.07 Å². The molecular weight excluding hydrogens is 347 g/mol. The first-order valence-electron chi connectivity index (χ1n) is 6.14. The van der Waals surface area contributed by atoms with Gasteiger partial charge in [0.25, 0.3) is 0 Å². The third-order valence-corrected chi connectivity index (χ3v) is 4.20. The zero-order valence-corrected chi connectivity index (χ0v) is 13.0. The molecule has 2 nitrogen and oxygen atoms in total. The monoisotopic (exact) mass is 364 g/mol. The van der Waals surface area contributed by atoms with Gasteiger partial charge in [-0.05, 0) is 60.2 Å². The van der Waals surface area contributed by atoms with Gasteiger partial charge in [0, 0.05) is 22.7 Å². The Balaban J connectivity index is 2.19. The highest BCUT2D eigenvalue weighted by Crippen LogP contribution is 2.28. The molecule has 0 aromatic heterocycles. The van der Waals surface area contributed by atoms with Crippen LogP contribution in [-0.4, -0.2) is 25.7 Å². The van der Waals surface area contributed by atoms with Gasteiger partial charge in [-0.3, -0.25) is 0 Å². The van der Waals surface area contributed by atoms with Gasteiger partial charge < -0.3 is 10.2 Å². The van der Waals surface area contributed by atoms with E-state index >= 15 is 0 Å². The van der Waals surface area contributed by atoms with E-state index in [-0.39, 0.29) is 0 Å². The smallest absolute Gasteiger partial charge is 0.0650 e. The van der Waals surface area contributed by atoms with Gasteiger partial charge in [-0.2, -0.15) is 0 Å². The summed E-state index contributed by atoms with van der Waals surface area (Å²) in [5, 5.41) is 4.44. The Labute approximate surface area is 122 Å². The average molecular weight is 365 g/mol. The van der Waals surface area contributed by atoms with Gasteiger partial charge in [0.05, 0.1) is 10.7 Å². The van der Waals surface area contributed by atoms with Crippen LogP contribution in [0, 0.1) is 3.57 Å². The van der Waals surface area contributed by atoms with Crippen molar-refractivity contribution < 1.29 is 0 Å². The summed E-state index contributed by atoms with van der Waals surface area (Å²) >= 11 is 8.64.